The minimum absolute atomic E-state index is 0.323. The third kappa shape index (κ3) is 6.49. The first-order chi connectivity index (χ1) is 14.7. The first kappa shape index (κ1) is 26.5. The van der Waals surface area contributed by atoms with Crippen molar-refractivity contribution in [3.8, 4) is 11.5 Å². The Morgan fingerprint density at radius 2 is 1.48 bits per heavy atom. The molecule has 176 valence electrons. The SMILES string of the molecule is CCCCc1cc(C(O)=C(O)C(=O)OCC(CO)(CO)CO)c(O)c(O)c1CCCC. The van der Waals surface area contributed by atoms with Gasteiger partial charge < -0.3 is 40.5 Å². The van der Waals surface area contributed by atoms with Gasteiger partial charge in [0.1, 0.15) is 6.61 Å². The summed E-state index contributed by atoms with van der Waals surface area (Å²) in [4.78, 5) is 12.1. The van der Waals surface area contributed by atoms with E-state index in [9.17, 15) is 40.5 Å². The molecule has 0 aliphatic heterocycles. The molecule has 0 amide bonds. The zero-order valence-electron chi connectivity index (χ0n) is 18.1. The van der Waals surface area contributed by atoms with Gasteiger partial charge in [-0.2, -0.15) is 0 Å². The van der Waals surface area contributed by atoms with Crippen LogP contribution in [0.5, 0.6) is 11.5 Å². The van der Waals surface area contributed by atoms with E-state index < -0.39 is 60.8 Å². The number of carbonyl (C=O) groups is 1. The van der Waals surface area contributed by atoms with Gasteiger partial charge in [-0.05, 0) is 37.3 Å². The Bertz CT molecular complexity index is 758. The number of hydrogen-bond donors (Lipinski definition) is 7. The standard InChI is InChI=1S/C22H34O9/c1-3-5-7-14-9-16(18(27)17(26)15(14)8-6-4-2)19(28)20(29)21(30)31-13-22(10-23,11-24)12-25/h9,23-29H,3-8,10-13H2,1-2H3. The number of unbranched alkanes of at least 4 members (excludes halogenated alkanes) is 2. The van der Waals surface area contributed by atoms with E-state index >= 15 is 0 Å². The first-order valence-corrected chi connectivity index (χ1v) is 10.4. The highest BCUT2D eigenvalue weighted by Gasteiger charge is 2.32. The Balaban J connectivity index is 3.29. The first-order valence-electron chi connectivity index (χ1n) is 10.4. The fraction of sp³-hybridized carbons (Fsp3) is 0.591. The molecule has 7 N–H and O–H groups in total. The lowest BCUT2D eigenvalue weighted by Crippen LogP contribution is -2.39. The molecule has 0 radical (unpaired) electrons. The Hall–Kier alpha value is -2.49. The Morgan fingerprint density at radius 1 is 0.935 bits per heavy atom. The van der Waals surface area contributed by atoms with Gasteiger partial charge >= 0.3 is 5.97 Å². The molecule has 0 aliphatic rings. The molecule has 0 aromatic heterocycles. The summed E-state index contributed by atoms with van der Waals surface area (Å²) in [6, 6.07) is 1.42. The van der Waals surface area contributed by atoms with Gasteiger partial charge in [0.2, 0.25) is 5.76 Å². The smallest absolute Gasteiger partial charge is 0.377 e. The summed E-state index contributed by atoms with van der Waals surface area (Å²) in [6.45, 7) is 1.32. The van der Waals surface area contributed by atoms with Gasteiger partial charge in [-0.3, -0.25) is 0 Å². The van der Waals surface area contributed by atoms with Crippen LogP contribution in [-0.4, -0.2) is 68.1 Å². The molecule has 0 bridgehead atoms. The van der Waals surface area contributed by atoms with Crippen LogP contribution in [0, 0.1) is 5.41 Å². The number of phenols is 2. The number of aliphatic hydroxyl groups excluding tert-OH is 5. The summed E-state index contributed by atoms with van der Waals surface area (Å²) >= 11 is 0. The highest BCUT2D eigenvalue weighted by molar-refractivity contribution is 5.94. The van der Waals surface area contributed by atoms with Crippen molar-refractivity contribution in [1.29, 1.82) is 0 Å². The normalized spacial score (nSPS) is 12.5. The number of benzene rings is 1. The van der Waals surface area contributed by atoms with Gasteiger partial charge in [0, 0.05) is 5.56 Å². The summed E-state index contributed by atoms with van der Waals surface area (Å²) in [7, 11) is 0. The fourth-order valence-corrected chi connectivity index (χ4v) is 2.95. The topological polar surface area (TPSA) is 168 Å². The van der Waals surface area contributed by atoms with E-state index in [4.69, 9.17) is 4.74 Å². The zero-order valence-corrected chi connectivity index (χ0v) is 18.1. The summed E-state index contributed by atoms with van der Waals surface area (Å²) in [5.41, 5.74) is -0.588. The van der Waals surface area contributed by atoms with Gasteiger partial charge in [-0.25, -0.2) is 4.79 Å². The van der Waals surface area contributed by atoms with Crippen LogP contribution >= 0.6 is 0 Å². The molecule has 0 unspecified atom stereocenters. The van der Waals surface area contributed by atoms with Crippen LogP contribution in [0.4, 0.5) is 0 Å². The zero-order chi connectivity index (χ0) is 23.6. The molecule has 0 heterocycles. The summed E-state index contributed by atoms with van der Waals surface area (Å²) < 4.78 is 4.80. The number of ether oxygens (including phenoxy) is 1. The third-order valence-corrected chi connectivity index (χ3v) is 5.24. The van der Waals surface area contributed by atoms with Crippen LogP contribution in [0.1, 0.15) is 56.2 Å². The second-order valence-corrected chi connectivity index (χ2v) is 7.71. The van der Waals surface area contributed by atoms with Crippen LogP contribution in [0.2, 0.25) is 0 Å². The summed E-state index contributed by atoms with van der Waals surface area (Å²) in [6.07, 6.45) is 4.44. The Labute approximate surface area is 181 Å². The van der Waals surface area contributed by atoms with E-state index in [1.165, 1.54) is 6.07 Å². The van der Waals surface area contributed by atoms with Crippen molar-refractivity contribution in [2.24, 2.45) is 5.41 Å². The number of carbonyl (C=O) groups excluding carboxylic acids is 1. The molecular formula is C22H34O9. The average Bonchev–Trinajstić information content (AvgIpc) is 2.79. The second kappa shape index (κ2) is 12.4. The largest absolute Gasteiger partial charge is 0.504 e. The van der Waals surface area contributed by atoms with E-state index in [-0.39, 0.29) is 5.56 Å². The maximum atomic E-state index is 12.1. The number of aliphatic hydroxyl groups is 5. The molecule has 1 aromatic rings. The molecule has 0 aliphatic carbocycles. The summed E-state index contributed by atoms with van der Waals surface area (Å²) in [5.74, 6) is -4.68. The molecule has 0 fully saturated rings. The minimum Gasteiger partial charge on any atom is -0.504 e. The molecule has 0 saturated carbocycles. The predicted octanol–water partition coefficient (Wildman–Crippen LogP) is 2.07. The molecule has 0 atom stereocenters. The summed E-state index contributed by atoms with van der Waals surface area (Å²) in [5, 5.41) is 69.2. The van der Waals surface area contributed by atoms with Crippen LogP contribution < -0.4 is 0 Å². The number of aromatic hydroxyl groups is 2. The van der Waals surface area contributed by atoms with Gasteiger partial charge in [0.05, 0.1) is 30.8 Å². The number of rotatable bonds is 13. The minimum atomic E-state index is -1.51. The van der Waals surface area contributed by atoms with Crippen LogP contribution in [-0.2, 0) is 22.4 Å². The van der Waals surface area contributed by atoms with Crippen molar-refractivity contribution < 1.29 is 45.3 Å². The maximum Gasteiger partial charge on any atom is 0.377 e. The molecule has 1 aromatic carbocycles. The van der Waals surface area contributed by atoms with Gasteiger partial charge in [0.25, 0.3) is 0 Å². The molecule has 0 spiro atoms. The van der Waals surface area contributed by atoms with Crippen molar-refractivity contribution in [2.45, 2.75) is 52.4 Å². The van der Waals surface area contributed by atoms with Crippen LogP contribution in [0.25, 0.3) is 5.76 Å². The molecule has 9 heteroatoms. The molecule has 1 rings (SSSR count). The van der Waals surface area contributed by atoms with E-state index in [0.717, 1.165) is 25.7 Å². The van der Waals surface area contributed by atoms with E-state index in [2.05, 4.69) is 0 Å². The second-order valence-electron chi connectivity index (χ2n) is 7.71. The third-order valence-electron chi connectivity index (χ3n) is 5.24. The van der Waals surface area contributed by atoms with Crippen molar-refractivity contribution in [1.82, 2.24) is 0 Å². The number of aryl methyl sites for hydroxylation is 1. The van der Waals surface area contributed by atoms with Gasteiger partial charge in [-0.15, -0.1) is 0 Å². The van der Waals surface area contributed by atoms with Crippen molar-refractivity contribution in [2.75, 3.05) is 26.4 Å². The molecular weight excluding hydrogens is 408 g/mol. The lowest BCUT2D eigenvalue weighted by atomic mass is 9.92. The van der Waals surface area contributed by atoms with Crippen molar-refractivity contribution in [3.05, 3.63) is 28.5 Å². The van der Waals surface area contributed by atoms with Crippen LogP contribution in [0.15, 0.2) is 11.8 Å². The number of phenolic OH excluding ortho intramolecular Hbond substituents is 2. The Kier molecular flexibility index (Phi) is 10.6. The van der Waals surface area contributed by atoms with Gasteiger partial charge in [-0.1, -0.05) is 26.7 Å². The van der Waals surface area contributed by atoms with E-state index in [0.29, 0.717) is 24.0 Å². The highest BCUT2D eigenvalue weighted by Crippen LogP contribution is 2.40. The fourth-order valence-electron chi connectivity index (χ4n) is 2.95. The quantitative estimate of drug-likeness (QED) is 0.105. The highest BCUT2D eigenvalue weighted by atomic mass is 16.5. The Morgan fingerprint density at radius 3 is 2.00 bits per heavy atom. The number of hydrogen-bond acceptors (Lipinski definition) is 9. The predicted molar refractivity (Wildman–Crippen MR) is 114 cm³/mol. The molecule has 31 heavy (non-hydrogen) atoms. The monoisotopic (exact) mass is 442 g/mol. The maximum absolute atomic E-state index is 12.1. The van der Waals surface area contributed by atoms with Crippen molar-refractivity contribution >= 4 is 11.7 Å². The van der Waals surface area contributed by atoms with Gasteiger partial charge in [0.15, 0.2) is 17.3 Å². The van der Waals surface area contributed by atoms with Crippen molar-refractivity contribution in [3.63, 3.8) is 0 Å². The average molecular weight is 443 g/mol. The lowest BCUT2D eigenvalue weighted by molar-refractivity contribution is -0.149. The molecule has 9 nitrogen and oxygen atoms in total. The van der Waals surface area contributed by atoms with E-state index in [1.807, 2.05) is 13.8 Å². The van der Waals surface area contributed by atoms with Crippen LogP contribution in [0.3, 0.4) is 0 Å². The van der Waals surface area contributed by atoms with E-state index in [1.54, 1.807) is 0 Å². The number of esters is 1. The lowest BCUT2D eigenvalue weighted by Gasteiger charge is -2.26. The molecule has 0 saturated heterocycles.